The van der Waals surface area contributed by atoms with Gasteiger partial charge in [0, 0.05) is 11.2 Å². The van der Waals surface area contributed by atoms with E-state index < -0.39 is 9.05 Å². The minimum atomic E-state index is -4.00. The van der Waals surface area contributed by atoms with Gasteiger partial charge in [0.25, 0.3) is 9.05 Å². The first-order valence-electron chi connectivity index (χ1n) is 0.837. The van der Waals surface area contributed by atoms with Gasteiger partial charge in [0.2, 0.25) is 0 Å². The van der Waals surface area contributed by atoms with Crippen LogP contribution in [0.5, 0.6) is 0 Å². The van der Waals surface area contributed by atoms with Crippen molar-refractivity contribution in [3.63, 3.8) is 0 Å². The van der Waals surface area contributed by atoms with E-state index in [1.54, 1.807) is 0 Å². The lowest BCUT2D eigenvalue weighted by Gasteiger charge is -1.80. The summed E-state index contributed by atoms with van der Waals surface area (Å²) in [5.74, 6) is 0. The molecule has 0 saturated heterocycles. The van der Waals surface area contributed by atoms with Crippen molar-refractivity contribution in [3.05, 3.63) is 0 Å². The van der Waals surface area contributed by atoms with Crippen molar-refractivity contribution in [1.29, 1.82) is 0 Å². The summed E-state index contributed by atoms with van der Waals surface area (Å²) in [5, 5.41) is 0. The molecule has 0 fully saturated rings. The summed E-state index contributed by atoms with van der Waals surface area (Å²) in [4.78, 5) is 0. The highest BCUT2D eigenvalue weighted by molar-refractivity contribution is 8.26. The third kappa shape index (κ3) is 4.22. The van der Waals surface area contributed by atoms with Crippen LogP contribution in [0.4, 0.5) is 4.53 Å². The van der Waals surface area contributed by atoms with Gasteiger partial charge in [-0.05, 0) is 4.53 Å². The molecule has 0 amide bonds. The van der Waals surface area contributed by atoms with Crippen LogP contribution in [-0.4, -0.2) is 8.76 Å². The zero-order valence-electron chi connectivity index (χ0n) is 2.46. The number of rotatable bonds is 1. The van der Waals surface area contributed by atoms with Gasteiger partial charge in [-0.1, -0.05) is 4.39 Å². The van der Waals surface area contributed by atoms with E-state index in [0.717, 1.165) is 0 Å². The van der Waals surface area contributed by atoms with Crippen molar-refractivity contribution in [2.45, 2.75) is 0 Å². The molecule has 1 unspecified atom stereocenters. The highest BCUT2D eigenvalue weighted by Crippen LogP contribution is 1.83. The van der Waals surface area contributed by atoms with Gasteiger partial charge in [0.1, 0.15) is 0 Å². The summed E-state index contributed by atoms with van der Waals surface area (Å²) in [5.41, 5.74) is 0. The first kappa shape index (κ1) is 6.22. The number of hydrogen-bond acceptors (Lipinski definition) is 3. The number of hydrogen-bond donors (Lipinski definition) is 1. The summed E-state index contributed by atoms with van der Waals surface area (Å²) in [6, 6.07) is 0. The van der Waals surface area contributed by atoms with E-state index in [0.29, 0.717) is 0 Å². The van der Waals surface area contributed by atoms with Crippen molar-refractivity contribution in [2.75, 3.05) is 0 Å². The van der Waals surface area contributed by atoms with Crippen LogP contribution in [0.1, 0.15) is 0 Å². The highest BCUT2D eigenvalue weighted by atomic mass is 32.9. The Labute approximate surface area is 38.7 Å². The normalized spacial score (nSPS) is 19.7. The molecular formula is HFO3S2. The minimum Gasteiger partial charge on any atom is -0.283 e. The second kappa shape index (κ2) is 1.78. The molecule has 0 aromatic rings. The first-order chi connectivity index (χ1) is 2.56. The largest absolute Gasteiger partial charge is 0.298 e. The monoisotopic (exact) mass is 132 g/mol. The predicted octanol–water partition coefficient (Wildman–Crippen LogP) is 0.0218. The molecule has 0 radical (unpaired) electrons. The third-order valence-corrected chi connectivity index (χ3v) is 0.393. The van der Waals surface area contributed by atoms with Crippen LogP contribution in [-0.2, 0) is 24.6 Å². The fourth-order valence-electron chi connectivity index (χ4n) is 0. The summed E-state index contributed by atoms with van der Waals surface area (Å²) >= 11 is 3.47. The van der Waals surface area contributed by atoms with E-state index in [2.05, 4.69) is 15.6 Å². The van der Waals surface area contributed by atoms with Crippen molar-refractivity contribution in [3.8, 4) is 0 Å². The van der Waals surface area contributed by atoms with E-state index in [1.807, 2.05) is 0 Å². The molecule has 0 heterocycles. The molecule has 0 saturated carbocycles. The van der Waals surface area contributed by atoms with Crippen LogP contribution in [0.3, 0.4) is 0 Å². The Morgan fingerprint density at radius 1 is 2.00 bits per heavy atom. The molecule has 0 bridgehead atoms. The molecule has 0 spiro atoms. The molecular weight excluding hydrogens is 131 g/mol. The molecule has 3 nitrogen and oxygen atoms in total. The van der Waals surface area contributed by atoms with Crippen LogP contribution in [0.2, 0.25) is 0 Å². The van der Waals surface area contributed by atoms with Crippen molar-refractivity contribution in [2.24, 2.45) is 0 Å². The Balaban J connectivity index is 3.85. The van der Waals surface area contributed by atoms with Gasteiger partial charge < -0.3 is 0 Å². The molecule has 6 heteroatoms. The minimum absolute atomic E-state index is 2.34. The van der Waals surface area contributed by atoms with Crippen molar-refractivity contribution < 1.29 is 17.7 Å². The molecule has 0 rings (SSSR count). The van der Waals surface area contributed by atoms with Crippen LogP contribution in [0.15, 0.2) is 0 Å². The Hall–Kier alpha value is 0.220. The smallest absolute Gasteiger partial charge is 0.283 e. The summed E-state index contributed by atoms with van der Waals surface area (Å²) < 4.78 is 29.6. The van der Waals surface area contributed by atoms with Gasteiger partial charge in [0.15, 0.2) is 0 Å². The maximum atomic E-state index is 10.4. The van der Waals surface area contributed by atoms with Crippen LogP contribution < -0.4 is 0 Å². The van der Waals surface area contributed by atoms with Crippen LogP contribution >= 0.6 is 0 Å². The van der Waals surface area contributed by atoms with Gasteiger partial charge in [-0.25, -0.2) is 0 Å². The second-order valence-corrected chi connectivity index (χ2v) is 2.74. The molecule has 0 aromatic heterocycles. The standard InChI is InChI=1S/FHO3S2/c1-4-6(2,3)5/h(H,2,3,5). The third-order valence-electron chi connectivity index (χ3n) is 0.0796. The Morgan fingerprint density at radius 3 is 2.17 bits per heavy atom. The lowest BCUT2D eigenvalue weighted by molar-refractivity contribution is -0.000441. The second-order valence-electron chi connectivity index (χ2n) is 0.491. The summed E-state index contributed by atoms with van der Waals surface area (Å²) in [6.45, 7) is 0. The molecule has 0 aliphatic carbocycles. The van der Waals surface area contributed by atoms with E-state index >= 15 is 0 Å². The Bertz CT molecular complexity index is 111. The van der Waals surface area contributed by atoms with Gasteiger partial charge in [-0.15, -0.1) is 0 Å². The average molecular weight is 132 g/mol. The van der Waals surface area contributed by atoms with E-state index in [-0.39, 0.29) is 0 Å². The van der Waals surface area contributed by atoms with Crippen LogP contribution in [0.25, 0.3) is 0 Å². The Morgan fingerprint density at radius 2 is 2.17 bits per heavy atom. The molecule has 6 heavy (non-hydrogen) atoms. The molecule has 0 aliphatic heterocycles. The fourth-order valence-corrected chi connectivity index (χ4v) is 0. The van der Waals surface area contributed by atoms with Gasteiger partial charge in [-0.2, -0.15) is 4.21 Å². The van der Waals surface area contributed by atoms with Gasteiger partial charge in [0.05, 0.1) is 0 Å². The van der Waals surface area contributed by atoms with E-state index in [9.17, 15) is 8.74 Å². The molecule has 0 aliphatic rings. The first-order valence-corrected chi connectivity index (χ1v) is 3.20. The lowest BCUT2D eigenvalue weighted by Crippen LogP contribution is -1.91. The van der Waals surface area contributed by atoms with Gasteiger partial charge >= 0.3 is 0 Å². The molecule has 1 atom stereocenters. The topological polar surface area (TPSA) is 46.5 Å². The fraction of sp³-hybridized carbons (Fsp3) is 0. The average Bonchev–Trinajstić information content (AvgIpc) is 1.35. The molecule has 0 aromatic carbocycles. The lowest BCUT2D eigenvalue weighted by atomic mass is 15.6. The van der Waals surface area contributed by atoms with E-state index in [1.165, 1.54) is 0 Å². The quantitative estimate of drug-likeness (QED) is 0.546. The maximum Gasteiger partial charge on any atom is 0.298 e. The Kier molecular flexibility index (Phi) is 1.85. The van der Waals surface area contributed by atoms with E-state index in [4.69, 9.17) is 4.55 Å². The zero-order chi connectivity index (χ0) is 5.21. The maximum absolute atomic E-state index is 10.4. The molecule has 38 valence electrons. The zero-order valence-corrected chi connectivity index (χ0v) is 4.09. The van der Waals surface area contributed by atoms with Crippen molar-refractivity contribution in [1.82, 2.24) is 0 Å². The SMILES string of the molecule is O=S(O)(=S)OF. The highest BCUT2D eigenvalue weighted by Gasteiger charge is 1.93. The van der Waals surface area contributed by atoms with Crippen LogP contribution in [0, 0.1) is 0 Å². The van der Waals surface area contributed by atoms with Gasteiger partial charge in [-0.3, -0.25) is 4.55 Å². The number of halogens is 1. The van der Waals surface area contributed by atoms with Crippen molar-refractivity contribution >= 4 is 20.2 Å². The summed E-state index contributed by atoms with van der Waals surface area (Å²) in [6.07, 6.45) is 0. The summed E-state index contributed by atoms with van der Waals surface area (Å²) in [7, 11) is -4.00. The predicted molar refractivity (Wildman–Crippen MR) is 20.3 cm³/mol. The molecule has 1 N–H and O–H groups in total.